The number of para-hydroxylation sites is 1. The molecule has 0 fully saturated rings. The second-order valence-corrected chi connectivity index (χ2v) is 14.5. The summed E-state index contributed by atoms with van der Waals surface area (Å²) < 4.78 is 27.2. The van der Waals surface area contributed by atoms with Crippen molar-refractivity contribution in [3.05, 3.63) is 83.3 Å². The fourth-order valence-electron chi connectivity index (χ4n) is 6.72. The summed E-state index contributed by atoms with van der Waals surface area (Å²) in [6.45, 7) is 9.54. The number of esters is 1. The van der Waals surface area contributed by atoms with Crippen LogP contribution < -0.4 is 4.74 Å². The van der Waals surface area contributed by atoms with Gasteiger partial charge in [-0.3, -0.25) is 4.68 Å². The molecule has 0 radical (unpaired) electrons. The number of rotatable bonds is 16. The van der Waals surface area contributed by atoms with Crippen LogP contribution >= 0.6 is 15.9 Å². The monoisotopic (exact) mass is 774 g/mol. The summed E-state index contributed by atoms with van der Waals surface area (Å²) in [6, 6.07) is 20.5. The molecule has 2 aromatic heterocycles. The van der Waals surface area contributed by atoms with Crippen molar-refractivity contribution < 1.29 is 28.5 Å². The molecule has 0 saturated carbocycles. The zero-order chi connectivity index (χ0) is 37.4. The predicted octanol–water partition coefficient (Wildman–Crippen LogP) is 9.07. The molecule has 0 atom stereocenters. The molecule has 52 heavy (non-hydrogen) atoms. The number of unbranched alkanes of at least 4 members (excludes halogenated alkanes) is 1. The molecule has 0 aliphatic carbocycles. The van der Waals surface area contributed by atoms with Crippen LogP contribution in [-0.2, 0) is 46.2 Å². The molecule has 0 unspecified atom stereocenters. The summed E-state index contributed by atoms with van der Waals surface area (Å²) in [5, 5.41) is 8.60. The third-order valence-corrected chi connectivity index (χ3v) is 9.51. The third-order valence-electron chi connectivity index (χ3n) is 8.98. The first-order chi connectivity index (χ1) is 25.0. The summed E-state index contributed by atoms with van der Waals surface area (Å²) in [6.07, 6.45) is 2.36. The molecule has 5 aromatic rings. The van der Waals surface area contributed by atoms with E-state index in [4.69, 9.17) is 24.0 Å². The highest BCUT2D eigenvalue weighted by atomic mass is 79.9. The van der Waals surface area contributed by atoms with E-state index in [-0.39, 0.29) is 18.7 Å². The lowest BCUT2D eigenvalue weighted by atomic mass is 9.98. The number of amides is 1. The van der Waals surface area contributed by atoms with E-state index < -0.39 is 5.60 Å². The van der Waals surface area contributed by atoms with Crippen LogP contribution in [0.5, 0.6) is 5.75 Å². The van der Waals surface area contributed by atoms with Gasteiger partial charge in [-0.2, -0.15) is 5.10 Å². The Balaban J connectivity index is 1.54. The zero-order valence-electron chi connectivity index (χ0n) is 31.5. The Morgan fingerprint density at radius 2 is 1.69 bits per heavy atom. The van der Waals surface area contributed by atoms with Gasteiger partial charge in [-0.25, -0.2) is 9.59 Å². The number of benzene rings is 3. The van der Waals surface area contributed by atoms with E-state index in [1.807, 2.05) is 69.8 Å². The standard InChI is InChI=1S/C41H51BrN4O6/c1-8-50-39(47)38-31(21-15-25-51-35-22-13-17-28-16-9-10-18-29(28)35)30-19-14-20-32(36-33(27-49-7)43-45(6)34(36)26-42)37(30)46(38)24-12-11-23-44(5)40(48)52-41(2,3)4/h9-10,13-14,16-20,22H,8,11-12,15,21,23-27H2,1-7H3. The van der Waals surface area contributed by atoms with Gasteiger partial charge in [0.2, 0.25) is 0 Å². The van der Waals surface area contributed by atoms with Gasteiger partial charge in [0.05, 0.1) is 36.7 Å². The zero-order valence-corrected chi connectivity index (χ0v) is 33.0. The summed E-state index contributed by atoms with van der Waals surface area (Å²) in [5.74, 6) is 0.485. The summed E-state index contributed by atoms with van der Waals surface area (Å²) in [4.78, 5) is 28.2. The number of hydrogen-bond donors (Lipinski definition) is 0. The van der Waals surface area contributed by atoms with E-state index in [9.17, 15) is 9.59 Å². The van der Waals surface area contributed by atoms with E-state index in [2.05, 4.69) is 50.8 Å². The number of fused-ring (bicyclic) bond motifs is 2. The average Bonchev–Trinajstić information content (AvgIpc) is 3.60. The van der Waals surface area contributed by atoms with Gasteiger partial charge in [0.15, 0.2) is 0 Å². The molecular formula is C41H51BrN4O6. The third kappa shape index (κ3) is 8.81. The normalized spacial score (nSPS) is 11.7. The highest BCUT2D eigenvalue weighted by molar-refractivity contribution is 9.08. The number of halogens is 1. The van der Waals surface area contributed by atoms with E-state index >= 15 is 0 Å². The van der Waals surface area contributed by atoms with E-state index in [0.717, 1.165) is 55.5 Å². The smallest absolute Gasteiger partial charge is 0.410 e. The van der Waals surface area contributed by atoms with Gasteiger partial charge >= 0.3 is 12.1 Å². The Kier molecular flexibility index (Phi) is 13.0. The highest BCUT2D eigenvalue weighted by Gasteiger charge is 2.28. The van der Waals surface area contributed by atoms with Crippen LogP contribution in [-0.4, -0.2) is 70.8 Å². The number of carbonyl (C=O) groups excluding carboxylic acids is 2. The lowest BCUT2D eigenvalue weighted by molar-refractivity contribution is 0.0296. The van der Waals surface area contributed by atoms with Crippen molar-refractivity contribution in [1.29, 1.82) is 0 Å². The topological polar surface area (TPSA) is 97.0 Å². The van der Waals surface area contributed by atoms with Crippen molar-refractivity contribution in [1.82, 2.24) is 19.2 Å². The Bertz CT molecular complexity index is 2000. The molecule has 0 saturated heterocycles. The number of carbonyl (C=O) groups is 2. The van der Waals surface area contributed by atoms with Gasteiger partial charge < -0.3 is 28.4 Å². The van der Waals surface area contributed by atoms with Gasteiger partial charge in [-0.05, 0) is 70.4 Å². The van der Waals surface area contributed by atoms with Crippen molar-refractivity contribution in [2.75, 3.05) is 33.9 Å². The highest BCUT2D eigenvalue weighted by Crippen LogP contribution is 2.39. The van der Waals surface area contributed by atoms with Crippen LogP contribution in [0.25, 0.3) is 32.8 Å². The number of nitrogens with zero attached hydrogens (tertiary/aromatic N) is 4. The molecule has 0 aliphatic heterocycles. The summed E-state index contributed by atoms with van der Waals surface area (Å²) >= 11 is 3.70. The minimum atomic E-state index is -0.571. The van der Waals surface area contributed by atoms with E-state index in [1.165, 1.54) is 0 Å². The minimum Gasteiger partial charge on any atom is -0.493 e. The molecule has 2 heterocycles. The SMILES string of the molecule is CCOC(=O)c1c(CCCOc2cccc3ccccc23)c2cccc(-c3c(COC)nn(C)c3CBr)c2n1CCCCN(C)C(=O)OC(C)(C)C. The summed E-state index contributed by atoms with van der Waals surface area (Å²) in [7, 11) is 5.35. The van der Waals surface area contributed by atoms with Crippen LogP contribution in [0.4, 0.5) is 4.79 Å². The molecule has 278 valence electrons. The molecule has 5 rings (SSSR count). The van der Waals surface area contributed by atoms with Crippen LogP contribution in [0.1, 0.15) is 74.4 Å². The van der Waals surface area contributed by atoms with Crippen molar-refractivity contribution in [2.24, 2.45) is 7.05 Å². The van der Waals surface area contributed by atoms with Crippen LogP contribution in [0.2, 0.25) is 0 Å². The Morgan fingerprint density at radius 1 is 0.962 bits per heavy atom. The van der Waals surface area contributed by atoms with Crippen molar-refractivity contribution in [3.63, 3.8) is 0 Å². The largest absolute Gasteiger partial charge is 0.493 e. The number of hydrogen-bond acceptors (Lipinski definition) is 7. The molecule has 11 heteroatoms. The van der Waals surface area contributed by atoms with Crippen LogP contribution in [0, 0.1) is 0 Å². The van der Waals surface area contributed by atoms with Gasteiger partial charge in [0, 0.05) is 61.5 Å². The minimum absolute atomic E-state index is 0.256. The maximum absolute atomic E-state index is 14.0. The lowest BCUT2D eigenvalue weighted by Gasteiger charge is -2.24. The predicted molar refractivity (Wildman–Crippen MR) is 209 cm³/mol. The molecule has 0 aliphatic rings. The molecule has 3 aromatic carbocycles. The number of aryl methyl sites for hydroxylation is 3. The van der Waals surface area contributed by atoms with Gasteiger partial charge in [0.1, 0.15) is 17.0 Å². The first-order valence-electron chi connectivity index (χ1n) is 17.9. The van der Waals surface area contributed by atoms with Crippen molar-refractivity contribution in [2.45, 2.75) is 77.5 Å². The molecule has 0 spiro atoms. The summed E-state index contributed by atoms with van der Waals surface area (Å²) in [5.41, 5.74) is 5.64. The second kappa shape index (κ2) is 17.4. The quantitative estimate of drug-likeness (QED) is 0.0561. The molecule has 0 bridgehead atoms. The van der Waals surface area contributed by atoms with Crippen molar-refractivity contribution in [3.8, 4) is 16.9 Å². The molecule has 1 amide bonds. The maximum atomic E-state index is 14.0. The first kappa shape index (κ1) is 38.9. The van der Waals surface area contributed by atoms with E-state index in [0.29, 0.717) is 63.0 Å². The number of ether oxygens (including phenoxy) is 4. The lowest BCUT2D eigenvalue weighted by Crippen LogP contribution is -2.34. The van der Waals surface area contributed by atoms with Gasteiger partial charge in [-0.1, -0.05) is 70.5 Å². The second-order valence-electron chi connectivity index (χ2n) is 13.9. The number of aromatic nitrogens is 3. The Labute approximate surface area is 315 Å². The average molecular weight is 776 g/mol. The molecule has 0 N–H and O–H groups in total. The fraction of sp³-hybridized carbons (Fsp3) is 0.439. The first-order valence-corrected chi connectivity index (χ1v) is 19.1. The van der Waals surface area contributed by atoms with Gasteiger partial charge in [0.25, 0.3) is 0 Å². The van der Waals surface area contributed by atoms with Gasteiger partial charge in [-0.15, -0.1) is 0 Å². The number of alkyl halides is 1. The van der Waals surface area contributed by atoms with Crippen molar-refractivity contribution >= 4 is 49.7 Å². The fourth-order valence-corrected chi connectivity index (χ4v) is 7.36. The Morgan fingerprint density at radius 3 is 2.42 bits per heavy atom. The van der Waals surface area contributed by atoms with Crippen LogP contribution in [0.3, 0.4) is 0 Å². The number of methoxy groups -OCH3 is 1. The molecular weight excluding hydrogens is 724 g/mol. The maximum Gasteiger partial charge on any atom is 0.410 e. The molecule has 10 nitrogen and oxygen atoms in total. The van der Waals surface area contributed by atoms with E-state index in [1.54, 1.807) is 19.1 Å². The van der Waals surface area contributed by atoms with Crippen LogP contribution in [0.15, 0.2) is 60.7 Å². The Hall–Kier alpha value is -4.35.